The summed E-state index contributed by atoms with van der Waals surface area (Å²) in [5.41, 5.74) is 13.1. The molecule has 4 N–H and O–H groups in total. The Balaban J connectivity index is 0.000000361. The van der Waals surface area contributed by atoms with Crippen molar-refractivity contribution in [2.24, 2.45) is 23.3 Å². The summed E-state index contributed by atoms with van der Waals surface area (Å²) in [4.78, 5) is 29.3. The number of carbonyl (C=O) groups is 2. The molecule has 2 aromatic rings. The maximum Gasteiger partial charge on any atom is 0.233 e. The second-order valence-corrected chi connectivity index (χ2v) is 9.90. The zero-order valence-electron chi connectivity index (χ0n) is 23.3. The van der Waals surface area contributed by atoms with E-state index in [1.54, 1.807) is 0 Å². The number of likely N-dealkylation sites (N-methyl/N-ethyl adjacent to an activating group) is 2. The minimum absolute atomic E-state index is 0. The van der Waals surface area contributed by atoms with Crippen LogP contribution in [0, 0.1) is 11.8 Å². The largest absolute Gasteiger partial charge is 0.342 e. The average Bonchev–Trinajstić information content (AvgIpc) is 3.85. The lowest BCUT2D eigenvalue weighted by molar-refractivity contribution is -0.134. The number of nitrogens with two attached hydrogens (primary N) is 2. The molecule has 0 aliphatic heterocycles. The third-order valence-corrected chi connectivity index (χ3v) is 8.22. The van der Waals surface area contributed by atoms with Crippen molar-refractivity contribution < 1.29 is 9.59 Å². The number of hydrogen-bond donors (Lipinski definition) is 2. The molecule has 4 atom stereocenters. The van der Waals surface area contributed by atoms with Crippen LogP contribution in [0.1, 0.15) is 51.7 Å². The Hall–Kier alpha value is -2.12. The fourth-order valence-electron chi connectivity index (χ4n) is 5.76. The van der Waals surface area contributed by atoms with E-state index >= 15 is 0 Å². The quantitative estimate of drug-likeness (QED) is 0.447. The molecule has 0 spiro atoms. The highest BCUT2D eigenvalue weighted by atomic mass is 35.5. The summed E-state index contributed by atoms with van der Waals surface area (Å²) in [7, 11) is 0. The van der Waals surface area contributed by atoms with Gasteiger partial charge in [0.1, 0.15) is 0 Å². The Kier molecular flexibility index (Phi) is 13.3. The molecule has 2 fully saturated rings. The fourth-order valence-corrected chi connectivity index (χ4v) is 5.76. The minimum atomic E-state index is -0.345. The molecule has 38 heavy (non-hydrogen) atoms. The Labute approximate surface area is 241 Å². The van der Waals surface area contributed by atoms with E-state index in [1.807, 2.05) is 73.9 Å². The van der Waals surface area contributed by atoms with Gasteiger partial charge in [-0.1, -0.05) is 60.7 Å². The lowest BCUT2D eigenvalue weighted by Crippen LogP contribution is -2.40. The van der Waals surface area contributed by atoms with E-state index in [4.69, 9.17) is 11.5 Å². The lowest BCUT2D eigenvalue weighted by atomic mass is 9.91. The van der Waals surface area contributed by atoms with Gasteiger partial charge in [-0.05, 0) is 76.6 Å². The van der Waals surface area contributed by atoms with Crippen molar-refractivity contribution in [1.82, 2.24) is 9.80 Å². The van der Waals surface area contributed by atoms with Crippen LogP contribution in [0.25, 0.3) is 0 Å². The third-order valence-electron chi connectivity index (χ3n) is 8.22. The summed E-state index contributed by atoms with van der Waals surface area (Å²) in [5, 5.41) is 0. The molecule has 8 heteroatoms. The first-order valence-corrected chi connectivity index (χ1v) is 13.5. The summed E-state index contributed by atoms with van der Waals surface area (Å²) in [6, 6.07) is 20.2. The monoisotopic (exact) mass is 564 g/mol. The van der Waals surface area contributed by atoms with Gasteiger partial charge in [0.25, 0.3) is 0 Å². The van der Waals surface area contributed by atoms with Crippen molar-refractivity contribution in [3.8, 4) is 0 Å². The van der Waals surface area contributed by atoms with Crippen molar-refractivity contribution in [2.75, 3.05) is 39.3 Å². The smallest absolute Gasteiger partial charge is 0.233 e. The van der Waals surface area contributed by atoms with Crippen molar-refractivity contribution in [3.63, 3.8) is 0 Å². The fraction of sp³-hybridized carbons (Fsp3) is 0.533. The molecule has 0 heterocycles. The van der Waals surface area contributed by atoms with Gasteiger partial charge in [0, 0.05) is 26.2 Å². The number of carbonyl (C=O) groups excluding carboxylic acids is 2. The zero-order chi connectivity index (χ0) is 26.3. The molecule has 2 saturated carbocycles. The first-order chi connectivity index (χ1) is 17.4. The van der Waals surface area contributed by atoms with Crippen molar-refractivity contribution in [2.45, 2.75) is 51.4 Å². The van der Waals surface area contributed by atoms with Gasteiger partial charge >= 0.3 is 0 Å². The molecule has 0 saturated heterocycles. The summed E-state index contributed by atoms with van der Waals surface area (Å²) in [6.07, 6.45) is 1.78. The number of hydrogen-bond acceptors (Lipinski definition) is 4. The van der Waals surface area contributed by atoms with Crippen LogP contribution in [0.3, 0.4) is 0 Å². The highest BCUT2D eigenvalue weighted by Gasteiger charge is 2.61. The molecule has 0 aromatic heterocycles. The Morgan fingerprint density at radius 3 is 1.16 bits per heavy atom. The van der Waals surface area contributed by atoms with Crippen LogP contribution in [0.5, 0.6) is 0 Å². The van der Waals surface area contributed by atoms with Gasteiger partial charge in [-0.2, -0.15) is 0 Å². The Bertz CT molecular complexity index is 920. The van der Waals surface area contributed by atoms with Crippen LogP contribution in [0.4, 0.5) is 0 Å². The molecule has 0 bridgehead atoms. The van der Waals surface area contributed by atoms with Crippen LogP contribution in [-0.2, 0) is 20.4 Å². The van der Waals surface area contributed by atoms with E-state index < -0.39 is 0 Å². The van der Waals surface area contributed by atoms with E-state index in [-0.39, 0.29) is 47.5 Å². The first-order valence-electron chi connectivity index (χ1n) is 13.5. The number of amides is 2. The molecule has 2 aromatic carbocycles. The number of nitrogens with zero attached hydrogens (tertiary/aromatic N) is 2. The van der Waals surface area contributed by atoms with Crippen molar-refractivity contribution >= 4 is 36.6 Å². The zero-order valence-corrected chi connectivity index (χ0v) is 24.9. The molecule has 0 unspecified atom stereocenters. The summed E-state index contributed by atoms with van der Waals surface area (Å²) >= 11 is 0. The van der Waals surface area contributed by atoms with Gasteiger partial charge in [0.15, 0.2) is 0 Å². The second kappa shape index (κ2) is 14.9. The van der Waals surface area contributed by atoms with E-state index in [9.17, 15) is 9.59 Å². The lowest BCUT2D eigenvalue weighted by Gasteiger charge is -2.26. The molecule has 2 aliphatic carbocycles. The van der Waals surface area contributed by atoms with E-state index in [2.05, 4.69) is 24.3 Å². The highest BCUT2D eigenvalue weighted by molar-refractivity contribution is 5.93. The molecule has 0 radical (unpaired) electrons. The van der Waals surface area contributed by atoms with Crippen molar-refractivity contribution in [3.05, 3.63) is 71.8 Å². The predicted molar refractivity (Wildman–Crippen MR) is 161 cm³/mol. The summed E-state index contributed by atoms with van der Waals surface area (Å²) in [5.74, 6) is 1.09. The van der Waals surface area contributed by atoms with Crippen LogP contribution >= 0.6 is 24.8 Å². The minimum Gasteiger partial charge on any atom is -0.342 e. The normalized spacial score (nSPS) is 24.5. The third kappa shape index (κ3) is 6.36. The number of halogens is 2. The number of benzene rings is 2. The predicted octanol–water partition coefficient (Wildman–Crippen LogP) is 4.39. The Morgan fingerprint density at radius 1 is 0.658 bits per heavy atom. The van der Waals surface area contributed by atoms with Crippen LogP contribution < -0.4 is 11.5 Å². The van der Waals surface area contributed by atoms with Crippen LogP contribution in [0.15, 0.2) is 60.7 Å². The molecule has 4 rings (SSSR count). The topological polar surface area (TPSA) is 92.7 Å². The maximum absolute atomic E-state index is 12.7. The van der Waals surface area contributed by atoms with Gasteiger partial charge in [0.2, 0.25) is 11.8 Å². The van der Waals surface area contributed by atoms with E-state index in [0.717, 1.165) is 50.1 Å². The molecule has 212 valence electrons. The first kappa shape index (κ1) is 33.9. The molecule has 2 aliphatic rings. The van der Waals surface area contributed by atoms with Gasteiger partial charge in [0.05, 0.1) is 10.8 Å². The van der Waals surface area contributed by atoms with Gasteiger partial charge in [-0.15, -0.1) is 24.8 Å². The SMILES string of the molecule is CCN(CC)C(=O)[C@]1(c2ccccc2)C[C@@H]1CN.CCN(CC)C(=O)[C@]1(c2ccccc2)C[C@@H]1CN.Cl.Cl. The molecule has 2 amide bonds. The Morgan fingerprint density at radius 2 is 0.947 bits per heavy atom. The van der Waals surface area contributed by atoms with Crippen LogP contribution in [0.2, 0.25) is 0 Å². The van der Waals surface area contributed by atoms with E-state index in [1.165, 1.54) is 0 Å². The second-order valence-electron chi connectivity index (χ2n) is 9.90. The van der Waals surface area contributed by atoms with Crippen LogP contribution in [-0.4, -0.2) is 60.9 Å². The van der Waals surface area contributed by atoms with Gasteiger partial charge < -0.3 is 21.3 Å². The van der Waals surface area contributed by atoms with Crippen molar-refractivity contribution in [1.29, 1.82) is 0 Å². The average molecular weight is 566 g/mol. The highest BCUT2D eigenvalue weighted by Crippen LogP contribution is 2.55. The van der Waals surface area contributed by atoms with Gasteiger partial charge in [-0.3, -0.25) is 9.59 Å². The maximum atomic E-state index is 12.7. The summed E-state index contributed by atoms with van der Waals surface area (Å²) in [6.45, 7) is 12.3. The standard InChI is InChI=1S/2C15H22N2O.2ClH/c2*1-3-17(4-2)14(18)15(10-13(15)11-16)12-8-6-5-7-9-12;;/h2*5-9,13H,3-4,10-11,16H2,1-2H3;2*1H/t2*13-,15+;;/m11../s1. The summed E-state index contributed by atoms with van der Waals surface area (Å²) < 4.78 is 0. The number of rotatable bonds is 10. The molecular weight excluding hydrogens is 519 g/mol. The molecular formula is C30H46Cl2N4O2. The van der Waals surface area contributed by atoms with E-state index in [0.29, 0.717) is 24.9 Å². The molecule has 6 nitrogen and oxygen atoms in total. The van der Waals surface area contributed by atoms with Gasteiger partial charge in [-0.25, -0.2) is 0 Å².